The Morgan fingerprint density at radius 3 is 2.24 bits per heavy atom. The second kappa shape index (κ2) is 19.7. The van der Waals surface area contributed by atoms with Gasteiger partial charge in [0.1, 0.15) is 35.6 Å². The van der Waals surface area contributed by atoms with Crippen LogP contribution in [0.5, 0.6) is 5.75 Å². The van der Waals surface area contributed by atoms with Crippen LogP contribution in [0.2, 0.25) is 5.02 Å². The molecule has 4 aliphatic rings. The van der Waals surface area contributed by atoms with Crippen LogP contribution in [0.3, 0.4) is 0 Å². The summed E-state index contributed by atoms with van der Waals surface area (Å²) in [7, 11) is 0. The van der Waals surface area contributed by atoms with E-state index in [1.165, 1.54) is 10.5 Å². The number of nitriles is 1. The highest BCUT2D eigenvalue weighted by atomic mass is 35.5. The molecule has 4 amide bonds. The lowest BCUT2D eigenvalue weighted by Crippen LogP contribution is -2.74. The molecule has 1 aromatic heterocycles. The predicted octanol–water partition coefficient (Wildman–Crippen LogP) is 7.16. The fraction of sp³-hybridized carbons (Fsp3) is 0.509. The number of amides is 4. The molecule has 3 aliphatic heterocycles. The Balaban J connectivity index is 0.814. The van der Waals surface area contributed by atoms with Gasteiger partial charge in [0.2, 0.25) is 17.7 Å². The van der Waals surface area contributed by atoms with E-state index in [-0.39, 0.29) is 66.0 Å². The molecule has 1 aliphatic carbocycles. The second-order valence-corrected chi connectivity index (χ2v) is 21.3. The number of aryl methyl sites for hydroxylation is 1. The van der Waals surface area contributed by atoms with Crippen LogP contribution in [0.25, 0.3) is 0 Å². The van der Waals surface area contributed by atoms with Crippen molar-refractivity contribution >= 4 is 35.2 Å². The monoisotopic (exact) mass is 945 g/mol. The molecule has 360 valence electrons. The quantitative estimate of drug-likeness (QED) is 0.117. The highest BCUT2D eigenvalue weighted by Gasteiger charge is 2.64. The van der Waals surface area contributed by atoms with E-state index in [1.807, 2.05) is 61.2 Å². The number of nitrogens with zero attached hydrogens (tertiary/aromatic N) is 5. The molecule has 4 aromatic rings. The minimum Gasteiger partial charge on any atom is -0.489 e. The zero-order chi connectivity index (χ0) is 48.7. The first kappa shape index (κ1) is 48.7. The third-order valence-electron chi connectivity index (χ3n) is 15.0. The van der Waals surface area contributed by atoms with Gasteiger partial charge < -0.3 is 34.8 Å². The fourth-order valence-electron chi connectivity index (χ4n) is 11.5. The summed E-state index contributed by atoms with van der Waals surface area (Å²) in [4.78, 5) is 61.5. The molecule has 4 fully saturated rings. The molecular formula is C53H64ClN7O7. The van der Waals surface area contributed by atoms with Crippen LogP contribution in [0.15, 0.2) is 83.4 Å². The third-order valence-corrected chi connectivity index (χ3v) is 15.3. The highest BCUT2D eigenvalue weighted by molar-refractivity contribution is 6.31. The summed E-state index contributed by atoms with van der Waals surface area (Å²) in [5, 5.41) is 30.7. The first-order valence-corrected chi connectivity index (χ1v) is 24.3. The van der Waals surface area contributed by atoms with Gasteiger partial charge in [-0.15, -0.1) is 0 Å². The van der Waals surface area contributed by atoms with Gasteiger partial charge in [-0.25, -0.2) is 0 Å². The van der Waals surface area contributed by atoms with Crippen molar-refractivity contribution in [3.8, 4) is 11.8 Å². The van der Waals surface area contributed by atoms with E-state index in [1.54, 1.807) is 31.2 Å². The molecule has 4 unspecified atom stereocenters. The average Bonchev–Trinajstić information content (AvgIpc) is 3.91. The molecule has 1 saturated carbocycles. The number of rotatable bonds is 14. The van der Waals surface area contributed by atoms with Gasteiger partial charge in [-0.05, 0) is 61.1 Å². The Morgan fingerprint density at radius 1 is 0.956 bits per heavy atom. The first-order chi connectivity index (χ1) is 32.3. The molecule has 8 rings (SSSR count). The lowest BCUT2D eigenvalue weighted by atomic mass is 9.49. The minimum atomic E-state index is -0.908. The van der Waals surface area contributed by atoms with Gasteiger partial charge in [-0.1, -0.05) is 101 Å². The van der Waals surface area contributed by atoms with E-state index in [9.17, 15) is 29.5 Å². The van der Waals surface area contributed by atoms with Crippen molar-refractivity contribution in [1.29, 1.82) is 5.26 Å². The molecule has 4 atom stereocenters. The van der Waals surface area contributed by atoms with Crippen LogP contribution < -0.4 is 15.4 Å². The molecule has 4 heterocycles. The van der Waals surface area contributed by atoms with Gasteiger partial charge in [0.15, 0.2) is 0 Å². The Hall–Kier alpha value is -5.75. The van der Waals surface area contributed by atoms with Crippen LogP contribution in [0.1, 0.15) is 124 Å². The van der Waals surface area contributed by atoms with Crippen molar-refractivity contribution in [1.82, 2.24) is 30.5 Å². The number of aromatic nitrogens is 1. The zero-order valence-electron chi connectivity index (χ0n) is 40.1. The van der Waals surface area contributed by atoms with Crippen molar-refractivity contribution < 1.29 is 33.5 Å². The van der Waals surface area contributed by atoms with Gasteiger partial charge in [0, 0.05) is 85.7 Å². The van der Waals surface area contributed by atoms with E-state index < -0.39 is 30.0 Å². The van der Waals surface area contributed by atoms with Gasteiger partial charge in [0.05, 0.1) is 34.8 Å². The topological polar surface area (TPSA) is 181 Å². The number of β-amino-alcohol motifs (C(OH)–C–C–N with tert-alkyl or cyclic N) is 1. The number of carbonyl (C=O) groups excluding carboxylic acids is 4. The number of ether oxygens (including phenoxy) is 1. The molecular weight excluding hydrogens is 882 g/mol. The predicted molar refractivity (Wildman–Crippen MR) is 257 cm³/mol. The van der Waals surface area contributed by atoms with Crippen LogP contribution >= 0.6 is 11.6 Å². The standard InChI is InChI=1S/C53H64ClN7O7/c1-31(2)46(44-23-32(3)58-68-44)49(66)61-30-39(62)24-43(61)48(65)56-42(34-11-9-8-10-12-34)26-45(63)59-21-19-38(20-22-59)60-28-37(29-60)33-13-15-35(16-14-33)47(64)57-50-52(4,5)51(53(50,6)7)67-40-18-17-36(27-55)41(54)25-40/h8-18,23,25,31,37-39,42-43,46,50-51,62H,19-22,24,26,28-30H2,1-7H3,(H,56,65)(H,57,64). The summed E-state index contributed by atoms with van der Waals surface area (Å²) in [6.45, 7) is 17.0. The smallest absolute Gasteiger partial charge is 0.251 e. The maximum absolute atomic E-state index is 14.1. The molecule has 3 N–H and O–H groups in total. The highest BCUT2D eigenvalue weighted by Crippen LogP contribution is 2.55. The van der Waals surface area contributed by atoms with Crippen LogP contribution in [0, 0.1) is 35.0 Å². The molecule has 3 saturated heterocycles. The summed E-state index contributed by atoms with van der Waals surface area (Å²) < 4.78 is 11.9. The Labute approximate surface area is 404 Å². The maximum Gasteiger partial charge on any atom is 0.251 e. The van der Waals surface area contributed by atoms with Crippen LogP contribution in [0.4, 0.5) is 0 Å². The SMILES string of the molecule is Cc1cc(C(C(=O)N2CC(O)CC2C(=O)NC(CC(=O)N2CCC(N3CC(c4ccc(C(=O)NC5C(C)(C)C(Oc6ccc(C#N)c(Cl)c6)C5(C)C)cc4)C3)CC2)c2ccccc2)C(C)C)on1. The van der Waals surface area contributed by atoms with Crippen molar-refractivity contribution in [2.24, 2.45) is 16.7 Å². The molecule has 68 heavy (non-hydrogen) atoms. The Kier molecular flexibility index (Phi) is 14.1. The molecule has 3 aromatic carbocycles. The van der Waals surface area contributed by atoms with Gasteiger partial charge in [-0.3, -0.25) is 24.1 Å². The number of hydrogen-bond donors (Lipinski definition) is 3. The van der Waals surface area contributed by atoms with Crippen LogP contribution in [-0.2, 0) is 14.4 Å². The van der Waals surface area contributed by atoms with Crippen molar-refractivity contribution in [3.63, 3.8) is 0 Å². The van der Waals surface area contributed by atoms with E-state index in [2.05, 4.69) is 66.6 Å². The van der Waals surface area contributed by atoms with Gasteiger partial charge >= 0.3 is 0 Å². The lowest BCUT2D eigenvalue weighted by molar-refractivity contribution is -0.164. The van der Waals surface area contributed by atoms with E-state index in [0.717, 1.165) is 31.5 Å². The summed E-state index contributed by atoms with van der Waals surface area (Å²) in [5.41, 5.74) is 2.90. The number of likely N-dealkylation sites (tertiary alicyclic amines) is 3. The van der Waals surface area contributed by atoms with Crippen molar-refractivity contribution in [3.05, 3.63) is 118 Å². The largest absolute Gasteiger partial charge is 0.489 e. The number of aliphatic hydroxyl groups is 1. The second-order valence-electron chi connectivity index (χ2n) is 20.8. The number of halogens is 1. The minimum absolute atomic E-state index is 0.0249. The van der Waals surface area contributed by atoms with Gasteiger partial charge in [-0.2, -0.15) is 5.26 Å². The normalized spacial score (nSPS) is 23.5. The Morgan fingerprint density at radius 2 is 1.63 bits per heavy atom. The van der Waals surface area contributed by atoms with Crippen molar-refractivity contribution in [2.45, 2.75) is 122 Å². The summed E-state index contributed by atoms with van der Waals surface area (Å²) in [5.74, 6) is -0.321. The molecule has 0 spiro atoms. The maximum atomic E-state index is 14.1. The fourth-order valence-corrected chi connectivity index (χ4v) is 11.7. The average molecular weight is 947 g/mol. The molecule has 15 heteroatoms. The lowest BCUT2D eigenvalue weighted by Gasteiger charge is -2.63. The van der Waals surface area contributed by atoms with Gasteiger partial charge in [0.25, 0.3) is 5.91 Å². The Bertz CT molecular complexity index is 2510. The summed E-state index contributed by atoms with van der Waals surface area (Å²) in [6, 6.07) is 24.9. The van der Waals surface area contributed by atoms with E-state index in [4.69, 9.17) is 20.9 Å². The van der Waals surface area contributed by atoms with Crippen LogP contribution in [-0.4, -0.2) is 112 Å². The number of carbonyl (C=O) groups is 4. The number of aliphatic hydroxyl groups excluding tert-OH is 1. The molecule has 0 bridgehead atoms. The summed E-state index contributed by atoms with van der Waals surface area (Å²) in [6.07, 6.45) is 0.794. The number of benzene rings is 3. The third kappa shape index (κ3) is 9.89. The van der Waals surface area contributed by atoms with E-state index >= 15 is 0 Å². The number of hydrogen-bond acceptors (Lipinski definition) is 10. The summed E-state index contributed by atoms with van der Waals surface area (Å²) >= 11 is 6.27. The molecule has 14 nitrogen and oxygen atoms in total. The number of piperidine rings is 1. The van der Waals surface area contributed by atoms with Crippen molar-refractivity contribution in [2.75, 3.05) is 32.7 Å². The zero-order valence-corrected chi connectivity index (χ0v) is 40.8. The molecule has 0 radical (unpaired) electrons. The first-order valence-electron chi connectivity index (χ1n) is 23.9. The number of nitrogens with one attached hydrogen (secondary N) is 2. The van der Waals surface area contributed by atoms with E-state index in [0.29, 0.717) is 58.4 Å².